The third-order valence-electron chi connectivity index (χ3n) is 4.53. The van der Waals surface area contributed by atoms with Crippen LogP contribution in [-0.4, -0.2) is 16.7 Å². The molecule has 1 aromatic heterocycles. The maximum absolute atomic E-state index is 9.18. The number of aromatic nitrogens is 1. The summed E-state index contributed by atoms with van der Waals surface area (Å²) >= 11 is 0. The van der Waals surface area contributed by atoms with Gasteiger partial charge in [0.05, 0.1) is 0 Å². The molecule has 23 heavy (non-hydrogen) atoms. The predicted octanol–water partition coefficient (Wildman–Crippen LogP) is 3.77. The van der Waals surface area contributed by atoms with Gasteiger partial charge < -0.3 is 15.8 Å². The molecule has 0 aliphatic rings. The SMILES string of the molecule is Cc1cc(N)ccc1CCCc1c[nH]c2c(CCO)cccc12. The van der Waals surface area contributed by atoms with Crippen LogP contribution < -0.4 is 5.73 Å². The topological polar surface area (TPSA) is 62.0 Å². The number of nitrogens with one attached hydrogen (secondary N) is 1. The molecule has 0 amide bonds. The van der Waals surface area contributed by atoms with Crippen molar-refractivity contribution in [3.05, 3.63) is 64.8 Å². The number of H-pyrrole nitrogens is 1. The summed E-state index contributed by atoms with van der Waals surface area (Å²) in [4.78, 5) is 3.38. The zero-order valence-corrected chi connectivity index (χ0v) is 13.6. The van der Waals surface area contributed by atoms with Gasteiger partial charge in [-0.3, -0.25) is 0 Å². The van der Waals surface area contributed by atoms with E-state index in [0.717, 1.165) is 24.9 Å². The Kier molecular flexibility index (Phi) is 4.68. The number of aromatic amines is 1. The van der Waals surface area contributed by atoms with Crippen molar-refractivity contribution in [2.24, 2.45) is 0 Å². The minimum Gasteiger partial charge on any atom is -0.399 e. The van der Waals surface area contributed by atoms with Crippen molar-refractivity contribution >= 4 is 16.6 Å². The van der Waals surface area contributed by atoms with Gasteiger partial charge in [0.25, 0.3) is 0 Å². The van der Waals surface area contributed by atoms with Gasteiger partial charge in [-0.05, 0) is 67.0 Å². The van der Waals surface area contributed by atoms with Crippen LogP contribution in [0.1, 0.15) is 28.7 Å². The van der Waals surface area contributed by atoms with Gasteiger partial charge in [-0.2, -0.15) is 0 Å². The van der Waals surface area contributed by atoms with Crippen LogP contribution in [0.15, 0.2) is 42.6 Å². The molecule has 3 heteroatoms. The average molecular weight is 308 g/mol. The average Bonchev–Trinajstić information content (AvgIpc) is 2.94. The standard InChI is InChI=1S/C20H24N2O/c1-14-12-18(21)9-8-15(14)4-2-6-17-13-22-20-16(10-11-23)5-3-7-19(17)20/h3,5,7-9,12-13,22-23H,2,4,6,10-11,21H2,1H3. The van der Waals surface area contributed by atoms with Crippen LogP contribution in [0, 0.1) is 6.92 Å². The first-order chi connectivity index (χ1) is 11.2. The number of benzene rings is 2. The van der Waals surface area contributed by atoms with E-state index in [1.165, 1.54) is 33.2 Å². The quantitative estimate of drug-likeness (QED) is 0.607. The van der Waals surface area contributed by atoms with E-state index in [4.69, 9.17) is 5.73 Å². The lowest BCUT2D eigenvalue weighted by Gasteiger charge is -2.07. The van der Waals surface area contributed by atoms with Crippen molar-refractivity contribution in [2.75, 3.05) is 12.3 Å². The van der Waals surface area contributed by atoms with E-state index < -0.39 is 0 Å². The van der Waals surface area contributed by atoms with Crippen LogP contribution >= 0.6 is 0 Å². The van der Waals surface area contributed by atoms with Gasteiger partial charge in [-0.25, -0.2) is 0 Å². The van der Waals surface area contributed by atoms with Crippen LogP contribution in [0.3, 0.4) is 0 Å². The minimum absolute atomic E-state index is 0.184. The summed E-state index contributed by atoms with van der Waals surface area (Å²) in [5, 5.41) is 10.5. The Morgan fingerprint density at radius 1 is 1.00 bits per heavy atom. The fourth-order valence-electron chi connectivity index (χ4n) is 3.28. The Labute approximate surface area is 137 Å². The second-order valence-electron chi connectivity index (χ2n) is 6.17. The number of rotatable bonds is 6. The summed E-state index contributed by atoms with van der Waals surface area (Å²) in [7, 11) is 0. The lowest BCUT2D eigenvalue weighted by Crippen LogP contribution is -1.95. The molecule has 0 saturated carbocycles. The molecule has 3 nitrogen and oxygen atoms in total. The molecule has 0 aliphatic heterocycles. The van der Waals surface area contributed by atoms with Crippen molar-refractivity contribution in [3.63, 3.8) is 0 Å². The van der Waals surface area contributed by atoms with E-state index in [2.05, 4.69) is 42.4 Å². The molecule has 0 spiro atoms. The number of nitrogens with two attached hydrogens (primary N) is 1. The third kappa shape index (κ3) is 3.40. The van der Waals surface area contributed by atoms with E-state index in [1.807, 2.05) is 12.1 Å². The zero-order valence-electron chi connectivity index (χ0n) is 13.6. The second kappa shape index (κ2) is 6.88. The summed E-state index contributed by atoms with van der Waals surface area (Å²) in [6.45, 7) is 2.31. The molecule has 0 bridgehead atoms. The highest BCUT2D eigenvalue weighted by atomic mass is 16.2. The number of para-hydroxylation sites is 1. The first kappa shape index (κ1) is 15.6. The molecule has 0 aliphatic carbocycles. The molecule has 120 valence electrons. The van der Waals surface area contributed by atoms with Gasteiger partial charge in [-0.15, -0.1) is 0 Å². The number of fused-ring (bicyclic) bond motifs is 1. The largest absolute Gasteiger partial charge is 0.399 e. The number of anilines is 1. The van der Waals surface area contributed by atoms with Crippen LogP contribution in [0.5, 0.6) is 0 Å². The number of aryl methyl sites for hydroxylation is 3. The molecular weight excluding hydrogens is 284 g/mol. The fraction of sp³-hybridized carbons (Fsp3) is 0.300. The smallest absolute Gasteiger partial charge is 0.0490 e. The molecule has 0 saturated heterocycles. The molecule has 0 unspecified atom stereocenters. The van der Waals surface area contributed by atoms with Crippen LogP contribution in [0.2, 0.25) is 0 Å². The molecule has 0 fully saturated rings. The van der Waals surface area contributed by atoms with Crippen LogP contribution in [0.4, 0.5) is 5.69 Å². The van der Waals surface area contributed by atoms with Gasteiger partial charge in [0.15, 0.2) is 0 Å². The highest BCUT2D eigenvalue weighted by Crippen LogP contribution is 2.24. The highest BCUT2D eigenvalue weighted by molar-refractivity contribution is 5.86. The highest BCUT2D eigenvalue weighted by Gasteiger charge is 2.07. The maximum Gasteiger partial charge on any atom is 0.0490 e. The van der Waals surface area contributed by atoms with Crippen molar-refractivity contribution in [1.29, 1.82) is 0 Å². The van der Waals surface area contributed by atoms with E-state index in [0.29, 0.717) is 6.42 Å². The molecule has 3 aromatic rings. The van der Waals surface area contributed by atoms with E-state index in [1.54, 1.807) is 0 Å². The number of aliphatic hydroxyl groups is 1. The Hall–Kier alpha value is -2.26. The molecule has 3 rings (SSSR count). The number of hydrogen-bond acceptors (Lipinski definition) is 2. The van der Waals surface area contributed by atoms with E-state index in [9.17, 15) is 5.11 Å². The van der Waals surface area contributed by atoms with Crippen molar-refractivity contribution in [2.45, 2.75) is 32.6 Å². The second-order valence-corrected chi connectivity index (χ2v) is 6.17. The zero-order chi connectivity index (χ0) is 16.2. The first-order valence-corrected chi connectivity index (χ1v) is 8.22. The van der Waals surface area contributed by atoms with Crippen molar-refractivity contribution in [3.8, 4) is 0 Å². The Morgan fingerprint density at radius 3 is 2.61 bits per heavy atom. The molecular formula is C20H24N2O. The van der Waals surface area contributed by atoms with Crippen molar-refractivity contribution < 1.29 is 5.11 Å². The number of hydrogen-bond donors (Lipinski definition) is 3. The third-order valence-corrected chi connectivity index (χ3v) is 4.53. The first-order valence-electron chi connectivity index (χ1n) is 8.22. The molecule has 0 atom stereocenters. The van der Waals surface area contributed by atoms with E-state index >= 15 is 0 Å². The Balaban J connectivity index is 1.71. The number of aliphatic hydroxyl groups excluding tert-OH is 1. The van der Waals surface area contributed by atoms with Gasteiger partial charge in [0, 0.05) is 29.4 Å². The lowest BCUT2D eigenvalue weighted by molar-refractivity contribution is 0.300. The monoisotopic (exact) mass is 308 g/mol. The van der Waals surface area contributed by atoms with Gasteiger partial charge in [-0.1, -0.05) is 24.3 Å². The summed E-state index contributed by atoms with van der Waals surface area (Å²) in [5.41, 5.74) is 13.0. The molecule has 0 radical (unpaired) electrons. The Morgan fingerprint density at radius 2 is 1.83 bits per heavy atom. The van der Waals surface area contributed by atoms with Gasteiger partial charge in [0.1, 0.15) is 0 Å². The summed E-state index contributed by atoms with van der Waals surface area (Å²) in [6, 6.07) is 12.5. The Bertz CT molecular complexity index is 805. The van der Waals surface area contributed by atoms with E-state index in [-0.39, 0.29) is 6.61 Å². The van der Waals surface area contributed by atoms with Crippen LogP contribution in [-0.2, 0) is 19.3 Å². The number of nitrogen functional groups attached to an aromatic ring is 1. The van der Waals surface area contributed by atoms with Gasteiger partial charge >= 0.3 is 0 Å². The molecule has 2 aromatic carbocycles. The van der Waals surface area contributed by atoms with Gasteiger partial charge in [0.2, 0.25) is 0 Å². The minimum atomic E-state index is 0.184. The lowest BCUT2D eigenvalue weighted by atomic mass is 9.99. The normalized spacial score (nSPS) is 11.2. The van der Waals surface area contributed by atoms with Crippen LogP contribution in [0.25, 0.3) is 10.9 Å². The fourth-order valence-corrected chi connectivity index (χ4v) is 3.28. The maximum atomic E-state index is 9.18. The van der Waals surface area contributed by atoms with Crippen molar-refractivity contribution in [1.82, 2.24) is 4.98 Å². The predicted molar refractivity (Wildman–Crippen MR) is 96.7 cm³/mol. The molecule has 4 N–H and O–H groups in total. The summed E-state index contributed by atoms with van der Waals surface area (Å²) in [6.07, 6.45) is 6.03. The summed E-state index contributed by atoms with van der Waals surface area (Å²) in [5.74, 6) is 0. The summed E-state index contributed by atoms with van der Waals surface area (Å²) < 4.78 is 0. The molecule has 1 heterocycles.